The topological polar surface area (TPSA) is 54.9 Å². The molecule has 0 aliphatic rings. The van der Waals surface area contributed by atoms with Crippen LogP contribution in [0, 0.1) is 0 Å². The minimum atomic E-state index is 0.808. The number of hydrogen-bond acceptors (Lipinski definition) is 2. The second-order valence-corrected chi connectivity index (χ2v) is 19.2. The molecule has 0 radical (unpaired) electrons. The zero-order valence-corrected chi connectivity index (χ0v) is 43.4. The summed E-state index contributed by atoms with van der Waals surface area (Å²) < 4.78 is 10.3. The van der Waals surface area contributed by atoms with Crippen molar-refractivity contribution in [3.05, 3.63) is 88.5 Å². The third-order valence-electron chi connectivity index (χ3n) is 12.5. The van der Waals surface area contributed by atoms with Crippen LogP contribution in [-0.4, -0.2) is 23.9 Å². The molecule has 2 aromatic carbocycles. The first-order valence-electron chi connectivity index (χ1n) is 27.3. The van der Waals surface area contributed by atoms with Crippen molar-refractivity contribution in [1.82, 2.24) is 0 Å². The molecule has 0 bridgehead atoms. The summed E-state index contributed by atoms with van der Waals surface area (Å²) >= 11 is 0.968. The molecule has 0 aliphatic carbocycles. The van der Waals surface area contributed by atoms with Crippen molar-refractivity contribution >= 4 is 11.4 Å². The van der Waals surface area contributed by atoms with Crippen LogP contribution in [0.3, 0.4) is 0 Å². The fourth-order valence-electron chi connectivity index (χ4n) is 8.30. The van der Waals surface area contributed by atoms with Crippen LogP contribution in [-0.2, 0) is 35.7 Å². The number of nitrogens with zero attached hydrogens (tertiary/aromatic N) is 2. The molecule has 0 unspecified atom stereocenters. The Morgan fingerprint density at radius 1 is 0.453 bits per heavy atom. The van der Waals surface area contributed by atoms with Gasteiger partial charge in [0.15, 0.2) is 0 Å². The first kappa shape index (κ1) is 59.8. The zero-order chi connectivity index (χ0) is 46.1. The second kappa shape index (κ2) is 48.7. The molecule has 0 spiro atoms. The molecule has 0 N–H and O–H groups in total. The van der Waals surface area contributed by atoms with Crippen LogP contribution in [0.2, 0.25) is 0 Å². The second-order valence-electron chi connectivity index (χ2n) is 18.5. The summed E-state index contributed by atoms with van der Waals surface area (Å²) in [6, 6.07) is 18.0. The van der Waals surface area contributed by atoms with Crippen molar-refractivity contribution in [3.8, 4) is 0 Å². The van der Waals surface area contributed by atoms with Crippen molar-refractivity contribution < 1.29 is 27.6 Å². The van der Waals surface area contributed by atoms with Crippen LogP contribution in [0.25, 0.3) is 11.1 Å². The summed E-state index contributed by atoms with van der Waals surface area (Å²) in [4.78, 5) is 3.05. The Morgan fingerprint density at radius 2 is 0.828 bits per heavy atom. The van der Waals surface area contributed by atoms with Gasteiger partial charge in [-0.05, 0) is 59.6 Å². The van der Waals surface area contributed by atoms with Gasteiger partial charge in [0, 0.05) is 0 Å². The van der Waals surface area contributed by atoms with Gasteiger partial charge in [-0.1, -0.05) is 249 Å². The first-order chi connectivity index (χ1) is 31.7. The van der Waals surface area contributed by atoms with E-state index in [0.29, 0.717) is 0 Å². The van der Waals surface area contributed by atoms with Crippen molar-refractivity contribution in [2.75, 3.05) is 13.2 Å². The SMILES string of the molecule is CCCCCCCCCCCCCCCCCCCCCCCCCCCCCc1cccc(C(=CC=C=[N+]=[N-])c2ccc(CCCCCC)cc2)c1.CCCC[O][Ni][O]CCCC. The number of rotatable bonds is 44. The fourth-order valence-corrected chi connectivity index (χ4v) is 8.83. The van der Waals surface area contributed by atoms with Gasteiger partial charge < -0.3 is 5.53 Å². The Hall–Kier alpha value is -2.25. The Kier molecular flexibility index (Phi) is 45.5. The third-order valence-corrected chi connectivity index (χ3v) is 13.1. The molecule has 0 fully saturated rings. The maximum atomic E-state index is 8.89. The van der Waals surface area contributed by atoms with E-state index in [4.69, 9.17) is 13.3 Å². The maximum absolute atomic E-state index is 8.89. The molecule has 4 nitrogen and oxygen atoms in total. The molecule has 2 aromatic rings. The van der Waals surface area contributed by atoms with Gasteiger partial charge in [-0.2, -0.15) is 0 Å². The normalized spacial score (nSPS) is 11.3. The molecule has 0 aromatic heterocycles. The molecule has 64 heavy (non-hydrogen) atoms. The number of aryl methyl sites for hydroxylation is 2. The van der Waals surface area contributed by atoms with Crippen LogP contribution >= 0.6 is 0 Å². The Morgan fingerprint density at radius 3 is 1.23 bits per heavy atom. The van der Waals surface area contributed by atoms with E-state index in [9.17, 15) is 0 Å². The summed E-state index contributed by atoms with van der Waals surface area (Å²) in [5, 5.41) is 0. The molecule has 0 aliphatic heterocycles. The van der Waals surface area contributed by atoms with Crippen LogP contribution in [0.15, 0.2) is 60.7 Å². The van der Waals surface area contributed by atoms with Crippen molar-refractivity contribution in [1.29, 1.82) is 0 Å². The monoisotopic (exact) mass is 927 g/mol. The third kappa shape index (κ3) is 37.9. The standard InChI is InChI=1S/C51H82N2.2C4H9O.Ni/c1-3-5-7-9-10-11-12-13-14-15-16-17-18-19-20-21-22-23-24-25-26-27-28-29-30-31-33-37-48-38-34-39-50(46-48)51(40-35-45-53-52)49-43-41-47(42-44-49)36-32-8-6-4-2;2*1-2-3-4-5;/h34-35,38-44,46H,3-33,36-37H2,1-2H3;2*2-4H2,1H3;/q;2*-1;+2. The van der Waals surface area contributed by atoms with E-state index in [2.05, 4.69) is 86.9 Å². The fraction of sp³-hybridized carbons (Fsp3) is 0.729. The molecule has 2 rings (SSSR count). The number of hydrogen-bond donors (Lipinski definition) is 0. The van der Waals surface area contributed by atoms with Crippen LogP contribution in [0.1, 0.15) is 275 Å². The van der Waals surface area contributed by atoms with Gasteiger partial charge in [-0.3, -0.25) is 0 Å². The van der Waals surface area contributed by atoms with Gasteiger partial charge in [0.25, 0.3) is 5.87 Å². The van der Waals surface area contributed by atoms with Crippen LogP contribution < -0.4 is 0 Å². The summed E-state index contributed by atoms with van der Waals surface area (Å²) in [6.45, 7) is 10.5. The molecule has 0 saturated heterocycles. The van der Waals surface area contributed by atoms with Crippen LogP contribution in [0.5, 0.6) is 0 Å². The number of benzene rings is 2. The zero-order valence-electron chi connectivity index (χ0n) is 42.4. The molecular formula is C59H100N2NiO2. The molecule has 5 heteroatoms. The van der Waals surface area contributed by atoms with Crippen molar-refractivity contribution in [2.24, 2.45) is 0 Å². The van der Waals surface area contributed by atoms with Crippen molar-refractivity contribution in [2.45, 2.75) is 265 Å². The van der Waals surface area contributed by atoms with E-state index in [1.54, 1.807) is 6.08 Å². The van der Waals surface area contributed by atoms with E-state index in [1.165, 1.54) is 234 Å². The average molecular weight is 928 g/mol. The summed E-state index contributed by atoms with van der Waals surface area (Å²) in [6.07, 6.45) is 54.5. The Balaban J connectivity index is 0.00000163. The first-order valence-corrected chi connectivity index (χ1v) is 28.2. The average Bonchev–Trinajstić information content (AvgIpc) is 3.32. The molecule has 368 valence electrons. The Bertz CT molecular complexity index is 1390. The van der Waals surface area contributed by atoms with E-state index >= 15 is 0 Å². The van der Waals surface area contributed by atoms with Gasteiger partial charge in [-0.15, -0.1) is 4.79 Å². The summed E-state index contributed by atoms with van der Waals surface area (Å²) in [5.41, 5.74) is 15.2. The molecule has 0 saturated carbocycles. The van der Waals surface area contributed by atoms with Gasteiger partial charge in [0.05, 0.1) is 6.08 Å². The van der Waals surface area contributed by atoms with E-state index in [-0.39, 0.29) is 0 Å². The number of allylic oxidation sites excluding steroid dienone is 2. The predicted molar refractivity (Wildman–Crippen MR) is 277 cm³/mol. The van der Waals surface area contributed by atoms with Gasteiger partial charge in [0.2, 0.25) is 0 Å². The molecule has 0 heterocycles. The summed E-state index contributed by atoms with van der Waals surface area (Å²) in [5.74, 6) is 2.56. The van der Waals surface area contributed by atoms with E-state index in [1.807, 2.05) is 6.08 Å². The quantitative estimate of drug-likeness (QED) is 0.0166. The van der Waals surface area contributed by atoms with Gasteiger partial charge in [-0.25, -0.2) is 0 Å². The van der Waals surface area contributed by atoms with Gasteiger partial charge >= 0.3 is 75.6 Å². The molecule has 0 atom stereocenters. The van der Waals surface area contributed by atoms with Crippen molar-refractivity contribution in [3.63, 3.8) is 0 Å². The van der Waals surface area contributed by atoms with E-state index in [0.717, 1.165) is 59.6 Å². The minimum absolute atomic E-state index is 0.808. The molecule has 0 amide bonds. The van der Waals surface area contributed by atoms with E-state index < -0.39 is 0 Å². The Labute approximate surface area is 404 Å². The molecular weight excluding hydrogens is 827 g/mol. The predicted octanol–water partition coefficient (Wildman–Crippen LogP) is 19.3. The number of unbranched alkanes of at least 4 members (excludes halogenated alkanes) is 31. The van der Waals surface area contributed by atoms with Crippen LogP contribution in [0.4, 0.5) is 0 Å². The van der Waals surface area contributed by atoms with Gasteiger partial charge in [0.1, 0.15) is 0 Å². The summed E-state index contributed by atoms with van der Waals surface area (Å²) in [7, 11) is 0.